The van der Waals surface area contributed by atoms with Crippen molar-refractivity contribution in [3.63, 3.8) is 0 Å². The number of halogens is 1. The molecule has 4 aromatic rings. The lowest BCUT2D eigenvalue weighted by Gasteiger charge is -2.32. The molecule has 7 heteroatoms. The SMILES string of the molecule is CC(C)(F)CNC(=O)C1(CCCC/C=C2/CCC(NC(=O)c3ccc(-n4cccc4)nc3)C2)c2ccccc2-c2ccccc21. The maximum Gasteiger partial charge on any atom is 0.253 e. The van der Waals surface area contributed by atoms with Crippen molar-refractivity contribution in [3.8, 4) is 16.9 Å². The predicted octanol–water partition coefficient (Wildman–Crippen LogP) is 7.47. The third kappa shape index (κ3) is 6.48. The summed E-state index contributed by atoms with van der Waals surface area (Å²) in [7, 11) is 0. The number of carbonyl (C=O) groups is 2. The smallest absolute Gasteiger partial charge is 0.253 e. The van der Waals surface area contributed by atoms with Gasteiger partial charge in [-0.2, -0.15) is 0 Å². The number of carbonyl (C=O) groups excluding carboxylic acids is 2. The number of hydrogen-bond donors (Lipinski definition) is 2. The Morgan fingerprint density at radius 3 is 2.31 bits per heavy atom. The fraction of sp³-hybridized carbons (Fsp3) is 0.342. The Hall–Kier alpha value is -4.52. The van der Waals surface area contributed by atoms with Crippen LogP contribution in [0.3, 0.4) is 0 Å². The molecule has 0 radical (unpaired) electrons. The summed E-state index contributed by atoms with van der Waals surface area (Å²) in [6.07, 6.45) is 13.9. The van der Waals surface area contributed by atoms with E-state index in [2.05, 4.69) is 46.0 Å². The Balaban J connectivity index is 1.06. The van der Waals surface area contributed by atoms with Gasteiger partial charge in [0.05, 0.1) is 12.1 Å². The van der Waals surface area contributed by atoms with Crippen LogP contribution in [0, 0.1) is 0 Å². The molecule has 1 fully saturated rings. The lowest BCUT2D eigenvalue weighted by atomic mass is 9.73. The average Bonchev–Trinajstić information content (AvgIpc) is 3.79. The average molecular weight is 605 g/mol. The number of rotatable bonds is 11. The monoisotopic (exact) mass is 604 g/mol. The van der Waals surface area contributed by atoms with Gasteiger partial charge in [0.1, 0.15) is 16.9 Å². The molecule has 2 amide bonds. The highest BCUT2D eigenvalue weighted by atomic mass is 19.1. The highest BCUT2D eigenvalue weighted by Crippen LogP contribution is 2.51. The first kappa shape index (κ1) is 30.5. The lowest BCUT2D eigenvalue weighted by molar-refractivity contribution is -0.126. The van der Waals surface area contributed by atoms with Crippen LogP contribution in [0.15, 0.2) is 103 Å². The summed E-state index contributed by atoms with van der Waals surface area (Å²) < 4.78 is 16.4. The molecule has 2 N–H and O–H groups in total. The van der Waals surface area contributed by atoms with Crippen molar-refractivity contribution in [2.75, 3.05) is 6.54 Å². The summed E-state index contributed by atoms with van der Waals surface area (Å²) in [5, 5.41) is 6.13. The first-order valence-electron chi connectivity index (χ1n) is 16.0. The summed E-state index contributed by atoms with van der Waals surface area (Å²) in [6, 6.07) is 23.9. The normalized spacial score (nSPS) is 17.6. The van der Waals surface area contributed by atoms with Gasteiger partial charge < -0.3 is 15.2 Å². The molecule has 1 atom stereocenters. The minimum absolute atomic E-state index is 0.0304. The van der Waals surface area contributed by atoms with E-state index in [-0.39, 0.29) is 24.4 Å². The van der Waals surface area contributed by atoms with Crippen molar-refractivity contribution in [2.45, 2.75) is 75.9 Å². The van der Waals surface area contributed by atoms with Gasteiger partial charge in [-0.3, -0.25) is 9.59 Å². The molecular formula is C38H41FN4O2. The van der Waals surface area contributed by atoms with E-state index < -0.39 is 11.1 Å². The number of unbranched alkanes of at least 4 members (excludes halogenated alkanes) is 2. The highest BCUT2D eigenvalue weighted by molar-refractivity contribution is 6.00. The Morgan fingerprint density at radius 2 is 1.67 bits per heavy atom. The summed E-state index contributed by atoms with van der Waals surface area (Å²) in [5.41, 5.74) is 3.76. The molecule has 45 heavy (non-hydrogen) atoms. The van der Waals surface area contributed by atoms with Crippen molar-refractivity contribution in [1.82, 2.24) is 20.2 Å². The molecule has 6 rings (SSSR count). The van der Waals surface area contributed by atoms with Crippen LogP contribution in [0.4, 0.5) is 4.39 Å². The van der Waals surface area contributed by atoms with Crippen LogP contribution in [-0.4, -0.2) is 39.6 Å². The van der Waals surface area contributed by atoms with Gasteiger partial charge in [-0.1, -0.05) is 66.6 Å². The van der Waals surface area contributed by atoms with Gasteiger partial charge in [-0.25, -0.2) is 9.37 Å². The minimum atomic E-state index is -1.50. The number of allylic oxidation sites excluding steroid dienone is 1. The minimum Gasteiger partial charge on any atom is -0.352 e. The van der Waals surface area contributed by atoms with E-state index in [1.807, 2.05) is 65.5 Å². The maximum absolute atomic E-state index is 14.5. The fourth-order valence-electron chi connectivity index (χ4n) is 6.85. The van der Waals surface area contributed by atoms with Crippen molar-refractivity contribution < 1.29 is 14.0 Å². The Bertz CT molecular complexity index is 1640. The molecule has 0 spiro atoms. The van der Waals surface area contributed by atoms with Gasteiger partial charge in [0.15, 0.2) is 0 Å². The zero-order valence-corrected chi connectivity index (χ0v) is 26.1. The molecular weight excluding hydrogens is 563 g/mol. The quantitative estimate of drug-likeness (QED) is 0.138. The molecule has 2 aliphatic carbocycles. The van der Waals surface area contributed by atoms with Gasteiger partial charge >= 0.3 is 0 Å². The molecule has 6 nitrogen and oxygen atoms in total. The number of hydrogen-bond acceptors (Lipinski definition) is 3. The van der Waals surface area contributed by atoms with Crippen LogP contribution >= 0.6 is 0 Å². The fourth-order valence-corrected chi connectivity index (χ4v) is 6.85. The molecule has 1 unspecified atom stereocenters. The van der Waals surface area contributed by atoms with Crippen LogP contribution in [0.25, 0.3) is 16.9 Å². The number of benzene rings is 2. The van der Waals surface area contributed by atoms with E-state index in [1.54, 1.807) is 6.20 Å². The number of aromatic nitrogens is 2. The third-order valence-electron chi connectivity index (χ3n) is 9.10. The maximum atomic E-state index is 14.5. The number of fused-ring (bicyclic) bond motifs is 3. The molecule has 2 heterocycles. The topological polar surface area (TPSA) is 76.0 Å². The largest absolute Gasteiger partial charge is 0.352 e. The molecule has 1 saturated carbocycles. The van der Waals surface area contributed by atoms with Gasteiger partial charge in [0, 0.05) is 24.6 Å². The molecule has 0 saturated heterocycles. The summed E-state index contributed by atoms with van der Waals surface area (Å²) >= 11 is 0. The van der Waals surface area contributed by atoms with E-state index in [0.717, 1.165) is 66.6 Å². The number of alkyl halides is 1. The number of nitrogens with zero attached hydrogens (tertiary/aromatic N) is 2. The van der Waals surface area contributed by atoms with Crippen molar-refractivity contribution >= 4 is 11.8 Å². The Labute approximate surface area is 264 Å². The Morgan fingerprint density at radius 1 is 0.978 bits per heavy atom. The highest BCUT2D eigenvalue weighted by Gasteiger charge is 2.48. The van der Waals surface area contributed by atoms with E-state index in [0.29, 0.717) is 12.0 Å². The number of nitrogens with one attached hydrogen (secondary N) is 2. The zero-order chi connectivity index (χ0) is 31.4. The second-order valence-corrected chi connectivity index (χ2v) is 12.9. The van der Waals surface area contributed by atoms with Gasteiger partial charge in [0.25, 0.3) is 5.91 Å². The first-order valence-corrected chi connectivity index (χ1v) is 16.0. The van der Waals surface area contributed by atoms with Crippen molar-refractivity contribution in [3.05, 3.63) is 120 Å². The summed E-state index contributed by atoms with van der Waals surface area (Å²) in [6.45, 7) is 2.95. The van der Waals surface area contributed by atoms with Gasteiger partial charge in [0.2, 0.25) is 5.91 Å². The van der Waals surface area contributed by atoms with E-state index in [1.165, 1.54) is 19.4 Å². The molecule has 2 aromatic carbocycles. The molecule has 2 aliphatic rings. The van der Waals surface area contributed by atoms with Gasteiger partial charge in [-0.05, 0) is 98.9 Å². The summed E-state index contributed by atoms with van der Waals surface area (Å²) in [4.78, 5) is 31.3. The lowest BCUT2D eigenvalue weighted by Crippen LogP contribution is -2.47. The molecule has 2 aromatic heterocycles. The van der Waals surface area contributed by atoms with Crippen LogP contribution in [-0.2, 0) is 10.2 Å². The second-order valence-electron chi connectivity index (χ2n) is 12.9. The van der Waals surface area contributed by atoms with Gasteiger partial charge in [-0.15, -0.1) is 0 Å². The zero-order valence-electron chi connectivity index (χ0n) is 26.1. The van der Waals surface area contributed by atoms with Crippen LogP contribution < -0.4 is 10.6 Å². The summed E-state index contributed by atoms with van der Waals surface area (Å²) in [5.74, 6) is 0.553. The second kappa shape index (κ2) is 12.8. The first-order chi connectivity index (χ1) is 21.7. The molecule has 0 aliphatic heterocycles. The Kier molecular flexibility index (Phi) is 8.70. The third-order valence-corrected chi connectivity index (χ3v) is 9.10. The van der Waals surface area contributed by atoms with Crippen LogP contribution in [0.2, 0.25) is 0 Å². The molecule has 0 bridgehead atoms. The number of amides is 2. The van der Waals surface area contributed by atoms with E-state index in [9.17, 15) is 14.0 Å². The standard InChI is InChI=1S/C38H41FN4O2/c1-37(2,39)26-41-36(45)38(32-15-7-5-13-30(32)31-14-6-8-16-33(31)38)21-9-3-4-12-27-17-19-29(24-27)42-35(44)28-18-20-34(40-25-28)43-22-10-11-23-43/h5-8,10-16,18,20,22-23,25,29H,3-4,9,17,19,21,24,26H2,1-2H3,(H,41,45)(H,42,44)/b27-12-. The van der Waals surface area contributed by atoms with Crippen LogP contribution in [0.1, 0.15) is 80.3 Å². The van der Waals surface area contributed by atoms with E-state index >= 15 is 0 Å². The van der Waals surface area contributed by atoms with Crippen molar-refractivity contribution in [2.24, 2.45) is 0 Å². The van der Waals surface area contributed by atoms with E-state index in [4.69, 9.17) is 0 Å². The molecule has 232 valence electrons. The van der Waals surface area contributed by atoms with Crippen molar-refractivity contribution in [1.29, 1.82) is 0 Å². The predicted molar refractivity (Wildman–Crippen MR) is 176 cm³/mol. The number of pyridine rings is 1. The van der Waals surface area contributed by atoms with Crippen LogP contribution in [0.5, 0.6) is 0 Å².